The summed E-state index contributed by atoms with van der Waals surface area (Å²) in [6.07, 6.45) is 3.49. The van der Waals surface area contributed by atoms with Gasteiger partial charge >= 0.3 is 5.97 Å². The molecule has 0 spiro atoms. The summed E-state index contributed by atoms with van der Waals surface area (Å²) in [6, 6.07) is 10.00. The molecule has 1 unspecified atom stereocenters. The second-order valence-corrected chi connectivity index (χ2v) is 4.62. The van der Waals surface area contributed by atoms with Crippen LogP contribution in [0, 0.1) is 5.92 Å². The lowest BCUT2D eigenvalue weighted by atomic mass is 9.87. The van der Waals surface area contributed by atoms with Gasteiger partial charge in [0.05, 0.1) is 18.6 Å². The Morgan fingerprint density at radius 1 is 1.29 bits per heavy atom. The second kappa shape index (κ2) is 5.82. The van der Waals surface area contributed by atoms with Gasteiger partial charge in [0.25, 0.3) is 0 Å². The summed E-state index contributed by atoms with van der Waals surface area (Å²) >= 11 is 0. The van der Waals surface area contributed by atoms with Crippen molar-refractivity contribution in [1.82, 2.24) is 0 Å². The van der Waals surface area contributed by atoms with Crippen molar-refractivity contribution in [3.8, 4) is 0 Å². The predicted octanol–water partition coefficient (Wildman–Crippen LogP) is 2.85. The van der Waals surface area contributed by atoms with Crippen LogP contribution in [-0.4, -0.2) is 17.2 Å². The highest BCUT2D eigenvalue weighted by atomic mass is 16.5. The first-order valence-electron chi connectivity index (χ1n) is 6.14. The zero-order chi connectivity index (χ0) is 12.1. The van der Waals surface area contributed by atoms with Gasteiger partial charge < -0.3 is 9.84 Å². The number of benzene rings is 1. The highest BCUT2D eigenvalue weighted by Crippen LogP contribution is 2.27. The van der Waals surface area contributed by atoms with E-state index in [9.17, 15) is 4.79 Å². The van der Waals surface area contributed by atoms with E-state index in [0.29, 0.717) is 13.0 Å². The number of rotatable bonds is 4. The minimum absolute atomic E-state index is 0.102. The molecule has 1 fully saturated rings. The van der Waals surface area contributed by atoms with Crippen molar-refractivity contribution < 1.29 is 14.6 Å². The van der Waals surface area contributed by atoms with E-state index >= 15 is 0 Å². The van der Waals surface area contributed by atoms with Gasteiger partial charge in [0.15, 0.2) is 0 Å². The fourth-order valence-corrected chi connectivity index (χ4v) is 2.31. The molecule has 92 valence electrons. The molecule has 0 aliphatic heterocycles. The molecule has 3 heteroatoms. The number of carboxylic acids is 1. The van der Waals surface area contributed by atoms with Crippen LogP contribution in [0.4, 0.5) is 0 Å². The highest BCUT2D eigenvalue weighted by molar-refractivity contribution is 5.70. The van der Waals surface area contributed by atoms with Gasteiger partial charge in [-0.2, -0.15) is 0 Å². The Kier molecular flexibility index (Phi) is 4.15. The molecule has 2 rings (SSSR count). The van der Waals surface area contributed by atoms with Crippen LogP contribution in [-0.2, 0) is 16.1 Å². The van der Waals surface area contributed by atoms with Crippen LogP contribution in [0.1, 0.15) is 31.2 Å². The Hall–Kier alpha value is -1.35. The van der Waals surface area contributed by atoms with Crippen LogP contribution in [0.5, 0.6) is 0 Å². The summed E-state index contributed by atoms with van der Waals surface area (Å²) < 4.78 is 5.79. The number of hydrogen-bond acceptors (Lipinski definition) is 2. The monoisotopic (exact) mass is 234 g/mol. The summed E-state index contributed by atoms with van der Waals surface area (Å²) in [4.78, 5) is 10.9. The fourth-order valence-electron chi connectivity index (χ4n) is 2.31. The molecule has 1 aliphatic carbocycles. The maximum Gasteiger partial charge on any atom is 0.306 e. The molecular formula is C14H18O3. The summed E-state index contributed by atoms with van der Waals surface area (Å²) in [5.41, 5.74) is 1.14. The summed E-state index contributed by atoms with van der Waals surface area (Å²) in [6.45, 7) is 0.581. The summed E-state index contributed by atoms with van der Waals surface area (Å²) in [5, 5.41) is 8.99. The Bertz CT molecular complexity index is 361. The molecule has 1 aromatic carbocycles. The zero-order valence-corrected chi connectivity index (χ0v) is 9.84. The average Bonchev–Trinajstić information content (AvgIpc) is 2.38. The van der Waals surface area contributed by atoms with Crippen LogP contribution < -0.4 is 0 Å². The molecule has 0 heterocycles. The van der Waals surface area contributed by atoms with E-state index < -0.39 is 5.97 Å². The molecule has 1 saturated carbocycles. The quantitative estimate of drug-likeness (QED) is 0.871. The van der Waals surface area contributed by atoms with Crippen LogP contribution in [0.3, 0.4) is 0 Å². The minimum atomic E-state index is -0.682. The Morgan fingerprint density at radius 2 is 2.06 bits per heavy atom. The topological polar surface area (TPSA) is 46.5 Å². The third kappa shape index (κ3) is 3.56. The lowest BCUT2D eigenvalue weighted by molar-refractivity contribution is -0.145. The van der Waals surface area contributed by atoms with Gasteiger partial charge in [0.2, 0.25) is 0 Å². The zero-order valence-electron chi connectivity index (χ0n) is 9.84. The van der Waals surface area contributed by atoms with Gasteiger partial charge in [-0.15, -0.1) is 0 Å². The van der Waals surface area contributed by atoms with Gasteiger partial charge in [-0.25, -0.2) is 0 Å². The van der Waals surface area contributed by atoms with Crippen molar-refractivity contribution in [1.29, 1.82) is 0 Å². The molecule has 0 saturated heterocycles. The van der Waals surface area contributed by atoms with Crippen LogP contribution in [0.2, 0.25) is 0 Å². The second-order valence-electron chi connectivity index (χ2n) is 4.62. The molecule has 0 aromatic heterocycles. The number of carbonyl (C=O) groups is 1. The van der Waals surface area contributed by atoms with E-state index in [1.165, 1.54) is 0 Å². The van der Waals surface area contributed by atoms with Crippen molar-refractivity contribution in [2.24, 2.45) is 5.92 Å². The van der Waals surface area contributed by atoms with Crippen LogP contribution >= 0.6 is 0 Å². The van der Waals surface area contributed by atoms with Gasteiger partial charge in [0.1, 0.15) is 0 Å². The standard InChI is InChI=1S/C14H18O3/c15-14(16)12-7-4-8-13(9-12)17-10-11-5-2-1-3-6-11/h1-3,5-6,12-13H,4,7-10H2,(H,15,16)/t12?,13-/m0/s1. The predicted molar refractivity (Wildman–Crippen MR) is 64.6 cm³/mol. The Labute approximate surface area is 101 Å². The van der Waals surface area contributed by atoms with Crippen LogP contribution in [0.25, 0.3) is 0 Å². The normalized spacial score (nSPS) is 24.5. The van der Waals surface area contributed by atoms with Gasteiger partial charge in [-0.3, -0.25) is 4.79 Å². The Balaban J connectivity index is 1.81. The third-order valence-corrected chi connectivity index (χ3v) is 3.30. The first kappa shape index (κ1) is 12.1. The SMILES string of the molecule is O=C(O)C1CCC[C@H](OCc2ccccc2)C1. The van der Waals surface area contributed by atoms with E-state index in [0.717, 1.165) is 24.8 Å². The van der Waals surface area contributed by atoms with E-state index in [1.807, 2.05) is 30.3 Å². The number of aliphatic carboxylic acids is 1. The molecule has 17 heavy (non-hydrogen) atoms. The maximum atomic E-state index is 10.9. The molecule has 0 bridgehead atoms. The molecule has 1 aromatic rings. The number of carboxylic acid groups (broad SMARTS) is 1. The first-order valence-corrected chi connectivity index (χ1v) is 6.14. The molecule has 1 N–H and O–H groups in total. The Morgan fingerprint density at radius 3 is 2.76 bits per heavy atom. The lowest BCUT2D eigenvalue weighted by Crippen LogP contribution is -2.27. The minimum Gasteiger partial charge on any atom is -0.481 e. The van der Waals surface area contributed by atoms with Crippen LogP contribution in [0.15, 0.2) is 30.3 Å². The van der Waals surface area contributed by atoms with Crippen molar-refractivity contribution >= 4 is 5.97 Å². The molecule has 0 radical (unpaired) electrons. The molecular weight excluding hydrogens is 216 g/mol. The van der Waals surface area contributed by atoms with E-state index in [2.05, 4.69) is 0 Å². The molecule has 2 atom stereocenters. The first-order chi connectivity index (χ1) is 8.25. The van der Waals surface area contributed by atoms with Crippen molar-refractivity contribution in [3.05, 3.63) is 35.9 Å². The molecule has 3 nitrogen and oxygen atoms in total. The van der Waals surface area contributed by atoms with Gasteiger partial charge in [-0.1, -0.05) is 36.8 Å². The third-order valence-electron chi connectivity index (χ3n) is 3.30. The fraction of sp³-hybridized carbons (Fsp3) is 0.500. The van der Waals surface area contributed by atoms with Crippen molar-refractivity contribution in [2.75, 3.05) is 0 Å². The molecule has 0 amide bonds. The lowest BCUT2D eigenvalue weighted by Gasteiger charge is -2.26. The number of hydrogen-bond donors (Lipinski definition) is 1. The van der Waals surface area contributed by atoms with Crippen molar-refractivity contribution in [2.45, 2.75) is 38.4 Å². The summed E-state index contributed by atoms with van der Waals surface area (Å²) in [7, 11) is 0. The van der Waals surface area contributed by atoms with E-state index in [-0.39, 0.29) is 12.0 Å². The average molecular weight is 234 g/mol. The smallest absolute Gasteiger partial charge is 0.306 e. The van der Waals surface area contributed by atoms with Gasteiger partial charge in [0, 0.05) is 0 Å². The van der Waals surface area contributed by atoms with Crippen molar-refractivity contribution in [3.63, 3.8) is 0 Å². The largest absolute Gasteiger partial charge is 0.481 e. The maximum absolute atomic E-state index is 10.9. The van der Waals surface area contributed by atoms with E-state index in [1.54, 1.807) is 0 Å². The number of ether oxygens (including phenoxy) is 1. The molecule has 1 aliphatic rings. The van der Waals surface area contributed by atoms with E-state index in [4.69, 9.17) is 9.84 Å². The highest BCUT2D eigenvalue weighted by Gasteiger charge is 2.27. The van der Waals surface area contributed by atoms with Gasteiger partial charge in [-0.05, 0) is 24.8 Å². The summed E-state index contributed by atoms with van der Waals surface area (Å²) in [5.74, 6) is -0.900.